The number of carbonyl (C=O) groups is 1. The molecule has 4 atom stereocenters. The predicted octanol–water partition coefficient (Wildman–Crippen LogP) is 2.76. The molecule has 3 heterocycles. The lowest BCUT2D eigenvalue weighted by atomic mass is 10.1. The molecule has 2 saturated heterocycles. The Morgan fingerprint density at radius 2 is 2.03 bits per heavy atom. The molecule has 0 amide bonds. The molecule has 4 rings (SSSR count). The number of carbonyl (C=O) groups excluding carboxylic acids is 1. The second kappa shape index (κ2) is 10.7. The molecular weight excluding hydrogens is 473 g/mol. The van der Waals surface area contributed by atoms with Gasteiger partial charge in [-0.25, -0.2) is 18.7 Å². The molecule has 2 fully saturated rings. The van der Waals surface area contributed by atoms with Gasteiger partial charge in [0.25, 0.3) is 5.92 Å². The van der Waals surface area contributed by atoms with Crippen LogP contribution in [0.15, 0.2) is 47.4 Å². The van der Waals surface area contributed by atoms with Gasteiger partial charge in [-0.2, -0.15) is 4.98 Å². The maximum absolute atomic E-state index is 14.7. The topological polar surface area (TPSA) is 127 Å². The summed E-state index contributed by atoms with van der Waals surface area (Å²) < 4.78 is 52.3. The molecule has 0 spiro atoms. The number of esters is 1. The van der Waals surface area contributed by atoms with Crippen LogP contribution in [0.1, 0.15) is 31.9 Å². The number of halogens is 2. The van der Waals surface area contributed by atoms with Gasteiger partial charge in [0.05, 0.1) is 19.3 Å². The lowest BCUT2D eigenvalue weighted by molar-refractivity contribution is -0.144. The number of para-hydroxylation sites is 1. The minimum absolute atomic E-state index is 0.0748. The van der Waals surface area contributed by atoms with Crippen LogP contribution in [-0.2, 0) is 18.8 Å². The molecule has 184 valence electrons. The van der Waals surface area contributed by atoms with Gasteiger partial charge in [-0.3, -0.25) is 9.36 Å². The highest BCUT2D eigenvalue weighted by atomic mass is 31.2. The Labute approximate surface area is 195 Å². The molecule has 13 heteroatoms. The van der Waals surface area contributed by atoms with E-state index >= 15 is 0 Å². The fraction of sp³-hybridized carbons (Fsp3) is 0.476. The largest absolute Gasteiger partial charge is 0.465 e. The number of hydrogen-bond donors (Lipinski definition) is 2. The van der Waals surface area contributed by atoms with Crippen molar-refractivity contribution in [2.45, 2.75) is 50.0 Å². The third-order valence-corrected chi connectivity index (χ3v) is 6.56. The van der Waals surface area contributed by atoms with Crippen LogP contribution in [0.5, 0.6) is 5.75 Å². The van der Waals surface area contributed by atoms with Crippen molar-refractivity contribution in [2.24, 2.45) is 0 Å². The van der Waals surface area contributed by atoms with Gasteiger partial charge < -0.3 is 24.3 Å². The number of nitrogen functional groups attached to an aromatic ring is 1. The molecule has 4 unspecified atom stereocenters. The zero-order valence-electron chi connectivity index (χ0n) is 18.1. The van der Waals surface area contributed by atoms with Gasteiger partial charge >= 0.3 is 20.2 Å². The molecule has 2 aromatic rings. The maximum Gasteiger partial charge on any atom is 0.351 e. The number of cyclic esters (lactones) is 1. The van der Waals surface area contributed by atoms with Gasteiger partial charge in [0, 0.05) is 12.6 Å². The Hall–Kier alpha value is -2.66. The van der Waals surface area contributed by atoms with Gasteiger partial charge in [-0.05, 0) is 37.5 Å². The summed E-state index contributed by atoms with van der Waals surface area (Å²) in [6.07, 6.45) is -0.349. The molecule has 3 N–H and O–H groups in total. The van der Waals surface area contributed by atoms with E-state index in [1.807, 2.05) is 6.07 Å². The fourth-order valence-electron chi connectivity index (χ4n) is 3.61. The van der Waals surface area contributed by atoms with Gasteiger partial charge in [-0.1, -0.05) is 18.2 Å². The van der Waals surface area contributed by atoms with Crippen molar-refractivity contribution in [3.8, 4) is 5.75 Å². The van der Waals surface area contributed by atoms with E-state index in [0.717, 1.165) is 19.0 Å². The molecule has 1 aromatic carbocycles. The molecule has 0 aliphatic carbocycles. The summed E-state index contributed by atoms with van der Waals surface area (Å²) in [5.74, 6) is -3.34. The third kappa shape index (κ3) is 6.06. The monoisotopic (exact) mass is 498 g/mol. The first-order valence-corrected chi connectivity index (χ1v) is 12.0. The molecule has 0 radical (unpaired) electrons. The van der Waals surface area contributed by atoms with E-state index in [4.69, 9.17) is 24.3 Å². The molecule has 0 saturated carbocycles. The van der Waals surface area contributed by atoms with Crippen molar-refractivity contribution in [1.82, 2.24) is 14.6 Å². The van der Waals surface area contributed by atoms with Crippen LogP contribution in [0.3, 0.4) is 0 Å². The Kier molecular flexibility index (Phi) is 7.72. The first kappa shape index (κ1) is 24.5. The lowest BCUT2D eigenvalue weighted by Gasteiger charge is -2.23. The number of ether oxygens (including phenoxy) is 2. The van der Waals surface area contributed by atoms with Gasteiger partial charge in [0.15, 0.2) is 0 Å². The number of nitrogens with two attached hydrogens (primary N) is 1. The SMILES string of the molecule is Nc1ccn(C2OC(COP(NC3CCCCOC3=O)Oc3ccccc3)CC2(F)F)c(=O)n1. The molecule has 2 aliphatic rings. The molecule has 0 bridgehead atoms. The zero-order chi connectivity index (χ0) is 24.1. The summed E-state index contributed by atoms with van der Waals surface area (Å²) >= 11 is 0. The summed E-state index contributed by atoms with van der Waals surface area (Å²) in [5, 5.41) is 3.02. The van der Waals surface area contributed by atoms with Gasteiger partial charge in [0.1, 0.15) is 17.6 Å². The van der Waals surface area contributed by atoms with E-state index in [1.54, 1.807) is 24.3 Å². The quantitative estimate of drug-likeness (QED) is 0.417. The van der Waals surface area contributed by atoms with Crippen LogP contribution in [0.2, 0.25) is 0 Å². The minimum Gasteiger partial charge on any atom is -0.465 e. The number of anilines is 1. The highest BCUT2D eigenvalue weighted by molar-refractivity contribution is 7.45. The van der Waals surface area contributed by atoms with Crippen LogP contribution in [0.4, 0.5) is 14.6 Å². The normalized spacial score (nSPS) is 25.4. The second-order valence-electron chi connectivity index (χ2n) is 7.92. The summed E-state index contributed by atoms with van der Waals surface area (Å²) in [5.41, 5.74) is 4.50. The van der Waals surface area contributed by atoms with Crippen LogP contribution in [0.25, 0.3) is 0 Å². The van der Waals surface area contributed by atoms with Crippen molar-refractivity contribution in [1.29, 1.82) is 0 Å². The first-order chi connectivity index (χ1) is 16.3. The molecule has 34 heavy (non-hydrogen) atoms. The van der Waals surface area contributed by atoms with Crippen LogP contribution < -0.4 is 21.0 Å². The summed E-state index contributed by atoms with van der Waals surface area (Å²) in [6.45, 7) is 0.0949. The van der Waals surface area contributed by atoms with E-state index in [1.165, 1.54) is 6.07 Å². The second-order valence-corrected chi connectivity index (χ2v) is 9.13. The predicted molar refractivity (Wildman–Crippen MR) is 118 cm³/mol. The molecule has 1 aromatic heterocycles. The van der Waals surface area contributed by atoms with Crippen molar-refractivity contribution < 1.29 is 32.1 Å². The Bertz CT molecular complexity index is 1040. The number of aromatic nitrogens is 2. The first-order valence-electron chi connectivity index (χ1n) is 10.8. The van der Waals surface area contributed by atoms with Crippen molar-refractivity contribution in [2.75, 3.05) is 18.9 Å². The van der Waals surface area contributed by atoms with Crippen LogP contribution >= 0.6 is 8.53 Å². The van der Waals surface area contributed by atoms with E-state index in [2.05, 4.69) is 10.1 Å². The number of nitrogens with zero attached hydrogens (tertiary/aromatic N) is 2. The Balaban J connectivity index is 1.43. The summed E-state index contributed by atoms with van der Waals surface area (Å²) in [6, 6.07) is 9.38. The highest BCUT2D eigenvalue weighted by Crippen LogP contribution is 2.44. The van der Waals surface area contributed by atoms with Crippen molar-refractivity contribution in [3.05, 3.63) is 53.1 Å². The maximum atomic E-state index is 14.7. The van der Waals surface area contributed by atoms with Gasteiger partial charge in [-0.15, -0.1) is 0 Å². The number of nitrogens with one attached hydrogen (secondary N) is 1. The van der Waals surface area contributed by atoms with E-state index < -0.39 is 50.9 Å². The molecule has 10 nitrogen and oxygen atoms in total. The fourth-order valence-corrected chi connectivity index (χ4v) is 4.89. The lowest BCUT2D eigenvalue weighted by Crippen LogP contribution is -2.35. The smallest absolute Gasteiger partial charge is 0.351 e. The summed E-state index contributed by atoms with van der Waals surface area (Å²) in [4.78, 5) is 27.8. The number of benzene rings is 1. The number of hydrogen-bond acceptors (Lipinski definition) is 9. The zero-order valence-corrected chi connectivity index (χ0v) is 19.0. The van der Waals surface area contributed by atoms with E-state index in [-0.39, 0.29) is 12.4 Å². The standard InChI is InChI=1S/C21H25F2N4O6P/c22-21(23)12-15(32-19(21)27-10-9-17(24)25-20(27)29)13-31-34(33-14-6-2-1-3-7-14)26-16-8-4-5-11-30-18(16)28/h1-3,6-7,9-10,15-16,19,26H,4-5,8,11-13H2,(H2,24,25,29). The van der Waals surface area contributed by atoms with Crippen molar-refractivity contribution >= 4 is 20.3 Å². The van der Waals surface area contributed by atoms with Crippen molar-refractivity contribution in [3.63, 3.8) is 0 Å². The molecular formula is C21H25F2N4O6P. The third-order valence-electron chi connectivity index (χ3n) is 5.27. The Morgan fingerprint density at radius 1 is 1.24 bits per heavy atom. The van der Waals surface area contributed by atoms with Crippen LogP contribution in [-0.4, -0.2) is 46.8 Å². The summed E-state index contributed by atoms with van der Waals surface area (Å²) in [7, 11) is -1.90. The number of alkyl halides is 2. The van der Waals surface area contributed by atoms with Gasteiger partial charge in [0.2, 0.25) is 6.23 Å². The average Bonchev–Trinajstić information content (AvgIpc) is 2.95. The molecule has 2 aliphatic heterocycles. The number of rotatable bonds is 8. The van der Waals surface area contributed by atoms with Crippen LogP contribution in [0, 0.1) is 0 Å². The minimum atomic E-state index is -3.34. The van der Waals surface area contributed by atoms with E-state index in [0.29, 0.717) is 23.3 Å². The highest BCUT2D eigenvalue weighted by Gasteiger charge is 2.52. The Morgan fingerprint density at radius 3 is 2.79 bits per heavy atom. The average molecular weight is 498 g/mol. The van der Waals surface area contributed by atoms with E-state index in [9.17, 15) is 18.4 Å².